The third-order valence-electron chi connectivity index (χ3n) is 3.02. The Labute approximate surface area is 95.4 Å². The monoisotopic (exact) mass is 225 g/mol. The van der Waals surface area contributed by atoms with Crippen LogP contribution in [0.25, 0.3) is 0 Å². The van der Waals surface area contributed by atoms with E-state index in [1.165, 1.54) is 19.2 Å². The quantitative estimate of drug-likeness (QED) is 0.767. The van der Waals surface area contributed by atoms with Crippen LogP contribution in [0.5, 0.6) is 0 Å². The standard InChI is InChI=1S/C11H19N3O2/c1-3-16-11(8-4-5-8)9(15)6-10-12-7-13-14(10)2/h7-9,11,15H,3-6H2,1-2H3. The Kier molecular flexibility index (Phi) is 3.56. The molecule has 0 bridgehead atoms. The van der Waals surface area contributed by atoms with Crippen LogP contribution in [0.3, 0.4) is 0 Å². The van der Waals surface area contributed by atoms with E-state index in [0.717, 1.165) is 5.82 Å². The van der Waals surface area contributed by atoms with Gasteiger partial charge in [0.2, 0.25) is 0 Å². The minimum Gasteiger partial charge on any atom is -0.390 e. The predicted molar refractivity (Wildman–Crippen MR) is 58.9 cm³/mol. The lowest BCUT2D eigenvalue weighted by Crippen LogP contribution is -2.33. The van der Waals surface area contributed by atoms with Crippen molar-refractivity contribution in [1.29, 1.82) is 0 Å². The Morgan fingerprint density at radius 2 is 2.38 bits per heavy atom. The molecule has 1 saturated carbocycles. The van der Waals surface area contributed by atoms with E-state index in [4.69, 9.17) is 4.74 Å². The maximum Gasteiger partial charge on any atom is 0.138 e. The van der Waals surface area contributed by atoms with Gasteiger partial charge in [0.25, 0.3) is 0 Å². The van der Waals surface area contributed by atoms with Crippen LogP contribution in [-0.2, 0) is 18.2 Å². The summed E-state index contributed by atoms with van der Waals surface area (Å²) >= 11 is 0. The normalized spacial score (nSPS) is 19.7. The molecule has 1 aromatic heterocycles. The molecule has 0 spiro atoms. The van der Waals surface area contributed by atoms with Crippen molar-refractivity contribution in [2.45, 2.75) is 38.4 Å². The van der Waals surface area contributed by atoms with Crippen molar-refractivity contribution in [2.75, 3.05) is 6.61 Å². The van der Waals surface area contributed by atoms with Gasteiger partial charge in [-0.3, -0.25) is 4.68 Å². The van der Waals surface area contributed by atoms with E-state index >= 15 is 0 Å². The third kappa shape index (κ3) is 2.59. The van der Waals surface area contributed by atoms with Gasteiger partial charge in [0.1, 0.15) is 12.2 Å². The maximum absolute atomic E-state index is 10.1. The Bertz CT molecular complexity index is 336. The Morgan fingerprint density at radius 1 is 1.62 bits per heavy atom. The van der Waals surface area contributed by atoms with Gasteiger partial charge in [0.15, 0.2) is 0 Å². The molecule has 2 atom stereocenters. The molecule has 0 aromatic carbocycles. The zero-order valence-electron chi connectivity index (χ0n) is 9.83. The summed E-state index contributed by atoms with van der Waals surface area (Å²) in [5.74, 6) is 1.33. The van der Waals surface area contributed by atoms with E-state index in [1.807, 2.05) is 14.0 Å². The fraction of sp³-hybridized carbons (Fsp3) is 0.818. The van der Waals surface area contributed by atoms with Crippen LogP contribution in [0.2, 0.25) is 0 Å². The van der Waals surface area contributed by atoms with Crippen molar-refractivity contribution in [2.24, 2.45) is 13.0 Å². The summed E-state index contributed by atoms with van der Waals surface area (Å²) < 4.78 is 7.30. The van der Waals surface area contributed by atoms with Crippen LogP contribution < -0.4 is 0 Å². The van der Waals surface area contributed by atoms with Gasteiger partial charge in [0, 0.05) is 20.1 Å². The van der Waals surface area contributed by atoms with E-state index < -0.39 is 6.10 Å². The molecular formula is C11H19N3O2. The molecule has 5 nitrogen and oxygen atoms in total. The molecule has 5 heteroatoms. The summed E-state index contributed by atoms with van der Waals surface area (Å²) in [5, 5.41) is 14.1. The second-order valence-corrected chi connectivity index (χ2v) is 4.33. The van der Waals surface area contributed by atoms with Crippen molar-refractivity contribution < 1.29 is 9.84 Å². The van der Waals surface area contributed by atoms with Gasteiger partial charge in [-0.05, 0) is 25.7 Å². The largest absolute Gasteiger partial charge is 0.390 e. The highest BCUT2D eigenvalue weighted by atomic mass is 16.5. The van der Waals surface area contributed by atoms with Gasteiger partial charge in [-0.25, -0.2) is 4.98 Å². The Balaban J connectivity index is 1.94. The first-order valence-electron chi connectivity index (χ1n) is 5.85. The van der Waals surface area contributed by atoms with Gasteiger partial charge in [-0.1, -0.05) is 0 Å². The summed E-state index contributed by atoms with van der Waals surface area (Å²) in [5.41, 5.74) is 0. The number of hydrogen-bond donors (Lipinski definition) is 1. The molecule has 0 aliphatic heterocycles. The fourth-order valence-corrected chi connectivity index (χ4v) is 1.99. The van der Waals surface area contributed by atoms with Crippen molar-refractivity contribution >= 4 is 0 Å². The first-order chi connectivity index (χ1) is 7.72. The van der Waals surface area contributed by atoms with Crippen LogP contribution in [0.4, 0.5) is 0 Å². The van der Waals surface area contributed by atoms with Gasteiger partial charge in [-0.2, -0.15) is 5.10 Å². The Morgan fingerprint density at radius 3 is 2.88 bits per heavy atom. The van der Waals surface area contributed by atoms with E-state index in [0.29, 0.717) is 18.9 Å². The zero-order chi connectivity index (χ0) is 11.5. The van der Waals surface area contributed by atoms with Crippen molar-refractivity contribution in [3.05, 3.63) is 12.2 Å². The van der Waals surface area contributed by atoms with Crippen LogP contribution in [0.1, 0.15) is 25.6 Å². The average molecular weight is 225 g/mol. The predicted octanol–water partition coefficient (Wildman–Crippen LogP) is 0.534. The van der Waals surface area contributed by atoms with E-state index in [9.17, 15) is 5.11 Å². The maximum atomic E-state index is 10.1. The number of ether oxygens (including phenoxy) is 1. The summed E-state index contributed by atoms with van der Waals surface area (Å²) in [7, 11) is 1.84. The second kappa shape index (κ2) is 4.93. The molecule has 0 radical (unpaired) electrons. The van der Waals surface area contributed by atoms with Gasteiger partial charge in [-0.15, -0.1) is 0 Å². The lowest BCUT2D eigenvalue weighted by atomic mass is 10.1. The highest BCUT2D eigenvalue weighted by molar-refractivity contribution is 4.93. The molecule has 16 heavy (non-hydrogen) atoms. The van der Waals surface area contributed by atoms with Crippen LogP contribution in [0.15, 0.2) is 6.33 Å². The molecular weight excluding hydrogens is 206 g/mol. The van der Waals surface area contributed by atoms with E-state index in [2.05, 4.69) is 10.1 Å². The van der Waals surface area contributed by atoms with Crippen molar-refractivity contribution in [3.63, 3.8) is 0 Å². The summed E-state index contributed by atoms with van der Waals surface area (Å²) in [4.78, 5) is 4.11. The molecule has 90 valence electrons. The molecule has 1 aliphatic rings. The molecule has 1 heterocycles. The zero-order valence-corrected chi connectivity index (χ0v) is 9.83. The molecule has 2 rings (SSSR count). The summed E-state index contributed by atoms with van der Waals surface area (Å²) in [6, 6.07) is 0. The van der Waals surface area contributed by atoms with Crippen LogP contribution >= 0.6 is 0 Å². The first kappa shape index (κ1) is 11.5. The molecule has 0 saturated heterocycles. The molecule has 2 unspecified atom stereocenters. The van der Waals surface area contributed by atoms with Gasteiger partial charge in [0.05, 0.1) is 12.2 Å². The van der Waals surface area contributed by atoms with Gasteiger partial charge >= 0.3 is 0 Å². The van der Waals surface area contributed by atoms with Gasteiger partial charge < -0.3 is 9.84 Å². The van der Waals surface area contributed by atoms with Crippen molar-refractivity contribution in [3.8, 4) is 0 Å². The smallest absolute Gasteiger partial charge is 0.138 e. The summed E-state index contributed by atoms with van der Waals surface area (Å²) in [6.45, 7) is 2.61. The second-order valence-electron chi connectivity index (χ2n) is 4.33. The number of aryl methyl sites for hydroxylation is 1. The molecule has 0 amide bonds. The average Bonchev–Trinajstić information content (AvgIpc) is 3.01. The molecule has 1 fully saturated rings. The van der Waals surface area contributed by atoms with Crippen LogP contribution in [0, 0.1) is 5.92 Å². The number of aromatic nitrogens is 3. The number of aliphatic hydroxyl groups excluding tert-OH is 1. The number of hydrogen-bond acceptors (Lipinski definition) is 4. The van der Waals surface area contributed by atoms with Crippen LogP contribution in [-0.4, -0.2) is 38.7 Å². The SMILES string of the molecule is CCOC(C(O)Cc1ncnn1C)C1CC1. The Hall–Kier alpha value is -0.940. The minimum absolute atomic E-state index is 0.0401. The molecule has 1 aromatic rings. The lowest BCUT2D eigenvalue weighted by Gasteiger charge is -2.22. The highest BCUT2D eigenvalue weighted by Gasteiger charge is 2.36. The number of nitrogens with zero attached hydrogens (tertiary/aromatic N) is 3. The van der Waals surface area contributed by atoms with E-state index in [1.54, 1.807) is 4.68 Å². The molecule has 1 aliphatic carbocycles. The van der Waals surface area contributed by atoms with Crippen molar-refractivity contribution in [1.82, 2.24) is 14.8 Å². The first-order valence-corrected chi connectivity index (χ1v) is 5.85. The summed E-state index contributed by atoms with van der Waals surface area (Å²) in [6.07, 6.45) is 3.84. The minimum atomic E-state index is -0.477. The number of rotatable bonds is 6. The van der Waals surface area contributed by atoms with E-state index in [-0.39, 0.29) is 6.10 Å². The number of aliphatic hydroxyl groups is 1. The third-order valence-corrected chi connectivity index (χ3v) is 3.02. The lowest BCUT2D eigenvalue weighted by molar-refractivity contribution is -0.0449. The molecule has 1 N–H and O–H groups in total. The highest BCUT2D eigenvalue weighted by Crippen LogP contribution is 2.36. The fourth-order valence-electron chi connectivity index (χ4n) is 1.99. The topological polar surface area (TPSA) is 60.2 Å².